The number of hydrogen-bond acceptors (Lipinski definition) is 2. The van der Waals surface area contributed by atoms with Crippen molar-refractivity contribution in [3.63, 3.8) is 0 Å². The van der Waals surface area contributed by atoms with Gasteiger partial charge in [0.2, 0.25) is 0 Å². The molecule has 3 atom stereocenters. The van der Waals surface area contributed by atoms with Gasteiger partial charge in [-0.2, -0.15) is 0 Å². The summed E-state index contributed by atoms with van der Waals surface area (Å²) in [4.78, 5) is 4.34. The topological polar surface area (TPSA) is 45.7 Å². The first kappa shape index (κ1) is 20.1. The van der Waals surface area contributed by atoms with Crippen LogP contribution in [0, 0.1) is 11.3 Å². The van der Waals surface area contributed by atoms with Crippen LogP contribution in [-0.2, 0) is 11.3 Å². The van der Waals surface area contributed by atoms with Crippen LogP contribution in [0.1, 0.15) is 25.8 Å². The van der Waals surface area contributed by atoms with Gasteiger partial charge in [-0.1, -0.05) is 43.1 Å². The summed E-state index contributed by atoms with van der Waals surface area (Å²) in [5, 5.41) is 8.19. The van der Waals surface area contributed by atoms with Crippen molar-refractivity contribution >= 4 is 53.1 Å². The van der Waals surface area contributed by atoms with E-state index < -0.39 is 0 Å². The zero-order valence-electron chi connectivity index (χ0n) is 14.1. The minimum Gasteiger partial charge on any atom is -0.377 e. The summed E-state index contributed by atoms with van der Waals surface area (Å²) in [6, 6.07) is 5.91. The van der Waals surface area contributed by atoms with E-state index in [0.29, 0.717) is 34.7 Å². The van der Waals surface area contributed by atoms with Crippen LogP contribution in [0.3, 0.4) is 0 Å². The van der Waals surface area contributed by atoms with E-state index in [1.807, 2.05) is 12.1 Å². The number of hydrogen-bond donors (Lipinski definition) is 2. The quantitative estimate of drug-likeness (QED) is 0.386. The summed E-state index contributed by atoms with van der Waals surface area (Å²) in [5.41, 5.74) is 1.12. The summed E-state index contributed by atoms with van der Waals surface area (Å²) in [7, 11) is 1.78. The van der Waals surface area contributed by atoms with E-state index in [2.05, 4.69) is 29.5 Å². The molecule has 0 radical (unpaired) electrons. The zero-order valence-corrected chi connectivity index (χ0v) is 17.9. The summed E-state index contributed by atoms with van der Waals surface area (Å²) < 4.78 is 5.84. The van der Waals surface area contributed by atoms with Gasteiger partial charge in [0.1, 0.15) is 0 Å². The maximum atomic E-state index is 6.22. The standard InChI is InChI=1S/C17H23Cl2N3O.HI/c1-17(2)14(12-6-7-23-15(12)17)22-16(20-3)21-9-10-4-5-11(18)8-13(10)19;/h4-5,8,12,14-15H,6-7,9H2,1-3H3,(H2,20,21,22);1H. The van der Waals surface area contributed by atoms with E-state index in [1.165, 1.54) is 0 Å². The number of halogens is 3. The van der Waals surface area contributed by atoms with Crippen molar-refractivity contribution in [1.29, 1.82) is 0 Å². The van der Waals surface area contributed by atoms with Crippen LogP contribution >= 0.6 is 47.2 Å². The third kappa shape index (κ3) is 3.79. The average Bonchev–Trinajstić information content (AvgIpc) is 2.96. The van der Waals surface area contributed by atoms with E-state index in [9.17, 15) is 0 Å². The Labute approximate surface area is 170 Å². The van der Waals surface area contributed by atoms with Gasteiger partial charge in [-0.05, 0) is 24.1 Å². The molecule has 7 heteroatoms. The smallest absolute Gasteiger partial charge is 0.191 e. The van der Waals surface area contributed by atoms with Gasteiger partial charge in [0.15, 0.2) is 5.96 Å². The third-order valence-corrected chi connectivity index (χ3v) is 5.66. The molecule has 0 spiro atoms. The summed E-state index contributed by atoms with van der Waals surface area (Å²) in [6.45, 7) is 5.97. The molecule has 0 aromatic heterocycles. The van der Waals surface area contributed by atoms with Gasteiger partial charge in [-0.15, -0.1) is 24.0 Å². The van der Waals surface area contributed by atoms with Gasteiger partial charge in [0.05, 0.1) is 6.10 Å². The molecule has 24 heavy (non-hydrogen) atoms. The van der Waals surface area contributed by atoms with Gasteiger partial charge in [0.25, 0.3) is 0 Å². The molecule has 1 heterocycles. The van der Waals surface area contributed by atoms with Gasteiger partial charge in [0, 0.05) is 47.6 Å². The van der Waals surface area contributed by atoms with Gasteiger partial charge in [-0.25, -0.2) is 0 Å². The molecule has 1 aliphatic carbocycles. The number of fused-ring (bicyclic) bond motifs is 1. The number of nitrogens with zero attached hydrogens (tertiary/aromatic N) is 1. The normalized spacial score (nSPS) is 27.7. The Morgan fingerprint density at radius 3 is 2.79 bits per heavy atom. The molecule has 134 valence electrons. The van der Waals surface area contributed by atoms with Crippen molar-refractivity contribution in [2.24, 2.45) is 16.3 Å². The van der Waals surface area contributed by atoms with E-state index in [-0.39, 0.29) is 29.4 Å². The second-order valence-electron chi connectivity index (χ2n) is 6.85. The Kier molecular flexibility index (Phi) is 6.67. The summed E-state index contributed by atoms with van der Waals surface area (Å²) in [5.74, 6) is 1.36. The first-order valence-electron chi connectivity index (χ1n) is 7.96. The minimum atomic E-state index is 0. The van der Waals surface area contributed by atoms with E-state index in [4.69, 9.17) is 27.9 Å². The zero-order chi connectivity index (χ0) is 16.6. The lowest BCUT2D eigenvalue weighted by Gasteiger charge is -2.54. The molecule has 1 aliphatic heterocycles. The predicted molar refractivity (Wildman–Crippen MR) is 111 cm³/mol. The van der Waals surface area contributed by atoms with Crippen molar-refractivity contribution < 1.29 is 4.74 Å². The molecule has 0 bridgehead atoms. The van der Waals surface area contributed by atoms with E-state index in [1.54, 1.807) is 13.1 Å². The Morgan fingerprint density at radius 2 is 2.12 bits per heavy atom. The molecule has 2 aliphatic rings. The van der Waals surface area contributed by atoms with E-state index in [0.717, 1.165) is 24.6 Å². The van der Waals surface area contributed by atoms with Crippen LogP contribution in [0.15, 0.2) is 23.2 Å². The number of benzene rings is 1. The highest BCUT2D eigenvalue weighted by molar-refractivity contribution is 14.0. The number of nitrogens with one attached hydrogen (secondary N) is 2. The van der Waals surface area contributed by atoms with Crippen LogP contribution in [0.2, 0.25) is 10.0 Å². The number of ether oxygens (including phenoxy) is 1. The second kappa shape index (κ2) is 7.98. The van der Waals surface area contributed by atoms with Crippen LogP contribution in [0.5, 0.6) is 0 Å². The van der Waals surface area contributed by atoms with Crippen LogP contribution < -0.4 is 10.6 Å². The monoisotopic (exact) mass is 483 g/mol. The lowest BCUT2D eigenvalue weighted by atomic mass is 9.57. The van der Waals surface area contributed by atoms with Crippen LogP contribution in [-0.4, -0.2) is 31.8 Å². The highest BCUT2D eigenvalue weighted by atomic mass is 127. The maximum Gasteiger partial charge on any atom is 0.191 e. The lowest BCUT2D eigenvalue weighted by molar-refractivity contribution is -0.106. The molecular formula is C17H24Cl2IN3O. The molecule has 3 unspecified atom stereocenters. The predicted octanol–water partition coefficient (Wildman–Crippen LogP) is 4.09. The van der Waals surface area contributed by atoms with Crippen molar-refractivity contribution in [2.45, 2.75) is 39.0 Å². The van der Waals surface area contributed by atoms with Gasteiger partial charge >= 0.3 is 0 Å². The maximum absolute atomic E-state index is 6.22. The Balaban J connectivity index is 0.00000208. The van der Waals surface area contributed by atoms with E-state index >= 15 is 0 Å². The first-order chi connectivity index (χ1) is 10.9. The molecular weight excluding hydrogens is 460 g/mol. The first-order valence-corrected chi connectivity index (χ1v) is 8.72. The Bertz CT molecular complexity index is 624. The van der Waals surface area contributed by atoms with Crippen molar-refractivity contribution in [1.82, 2.24) is 10.6 Å². The Hall–Kier alpha value is -0.240. The second-order valence-corrected chi connectivity index (χ2v) is 7.69. The fourth-order valence-corrected chi connectivity index (χ4v) is 4.28. The molecule has 1 aromatic carbocycles. The molecule has 0 amide bonds. The summed E-state index contributed by atoms with van der Waals surface area (Å²) >= 11 is 12.1. The van der Waals surface area contributed by atoms with Crippen molar-refractivity contribution in [3.05, 3.63) is 33.8 Å². The number of aliphatic imine (C=N–C) groups is 1. The highest BCUT2D eigenvalue weighted by Crippen LogP contribution is 2.52. The molecule has 3 rings (SSSR count). The fourth-order valence-electron chi connectivity index (χ4n) is 3.80. The molecule has 1 saturated heterocycles. The Morgan fingerprint density at radius 1 is 1.38 bits per heavy atom. The van der Waals surface area contributed by atoms with Crippen LogP contribution in [0.25, 0.3) is 0 Å². The SMILES string of the molecule is CN=C(NCc1ccc(Cl)cc1Cl)NC1C2CCOC2C1(C)C.I. The minimum absolute atomic E-state index is 0. The molecule has 1 aromatic rings. The molecule has 2 fully saturated rings. The lowest BCUT2D eigenvalue weighted by Crippen LogP contribution is -2.67. The third-order valence-electron chi connectivity index (χ3n) is 5.08. The van der Waals surface area contributed by atoms with Crippen LogP contribution in [0.4, 0.5) is 0 Å². The summed E-state index contributed by atoms with van der Waals surface area (Å²) in [6.07, 6.45) is 1.48. The fraction of sp³-hybridized carbons (Fsp3) is 0.588. The largest absolute Gasteiger partial charge is 0.377 e. The van der Waals surface area contributed by atoms with Crippen molar-refractivity contribution in [3.8, 4) is 0 Å². The number of guanidine groups is 1. The van der Waals surface area contributed by atoms with Gasteiger partial charge in [-0.3, -0.25) is 4.99 Å². The number of rotatable bonds is 3. The molecule has 1 saturated carbocycles. The molecule has 2 N–H and O–H groups in total. The average molecular weight is 484 g/mol. The van der Waals surface area contributed by atoms with Crippen molar-refractivity contribution in [2.75, 3.05) is 13.7 Å². The highest BCUT2D eigenvalue weighted by Gasteiger charge is 2.59. The van der Waals surface area contributed by atoms with Gasteiger partial charge < -0.3 is 15.4 Å². The molecule has 4 nitrogen and oxygen atoms in total.